The van der Waals surface area contributed by atoms with Gasteiger partial charge in [0.1, 0.15) is 48.8 Å². The lowest BCUT2D eigenvalue weighted by Gasteiger charge is -2.45. The topological polar surface area (TPSA) is 157 Å². The van der Waals surface area contributed by atoms with Gasteiger partial charge in [-0.05, 0) is 19.4 Å². The molecule has 11 heteroatoms. The van der Waals surface area contributed by atoms with Crippen LogP contribution >= 0.6 is 0 Å². The third-order valence-corrected chi connectivity index (χ3v) is 6.00. The van der Waals surface area contributed by atoms with E-state index in [9.17, 15) is 25.5 Å². The smallest absolute Gasteiger partial charge is 0.187 e. The van der Waals surface area contributed by atoms with Gasteiger partial charge in [-0.25, -0.2) is 0 Å². The highest BCUT2D eigenvalue weighted by atomic mass is 16.8. The van der Waals surface area contributed by atoms with Gasteiger partial charge in [0.15, 0.2) is 18.4 Å². The fourth-order valence-corrected chi connectivity index (χ4v) is 4.38. The van der Waals surface area contributed by atoms with E-state index < -0.39 is 80.4 Å². The number of fused-ring (bicyclic) bond motifs is 1. The summed E-state index contributed by atoms with van der Waals surface area (Å²) in [6.07, 6.45) is -11.6. The van der Waals surface area contributed by atoms with Crippen molar-refractivity contribution in [2.24, 2.45) is 0 Å². The summed E-state index contributed by atoms with van der Waals surface area (Å²) < 4.78 is 34.2. The summed E-state index contributed by atoms with van der Waals surface area (Å²) in [6, 6.07) is 9.21. The molecule has 3 aliphatic heterocycles. The molecule has 0 unspecified atom stereocenters. The largest absolute Gasteiger partial charge is 0.394 e. The third-order valence-electron chi connectivity index (χ3n) is 6.00. The lowest BCUT2D eigenvalue weighted by molar-refractivity contribution is -0.354. The Hall–Kier alpha value is -1.22. The lowest BCUT2D eigenvalue weighted by Crippen LogP contribution is -2.64. The second kappa shape index (κ2) is 10.2. The Kier molecular flexibility index (Phi) is 7.68. The molecule has 3 heterocycles. The maximum Gasteiger partial charge on any atom is 0.187 e. The first-order valence-corrected chi connectivity index (χ1v) is 11.0. The van der Waals surface area contributed by atoms with Gasteiger partial charge in [-0.2, -0.15) is 0 Å². The highest BCUT2D eigenvalue weighted by molar-refractivity contribution is 5.13. The van der Waals surface area contributed by atoms with Gasteiger partial charge in [0.05, 0.1) is 19.8 Å². The Morgan fingerprint density at radius 2 is 1.45 bits per heavy atom. The Bertz CT molecular complexity index is 760. The summed E-state index contributed by atoms with van der Waals surface area (Å²) in [5.74, 6) is -0.997. The number of aliphatic hydroxyl groups is 5. The quantitative estimate of drug-likeness (QED) is 0.319. The van der Waals surface area contributed by atoms with Gasteiger partial charge in [-0.1, -0.05) is 30.3 Å². The van der Waals surface area contributed by atoms with Crippen molar-refractivity contribution in [3.05, 3.63) is 35.9 Å². The fourth-order valence-electron chi connectivity index (χ4n) is 4.38. The second-order valence-corrected chi connectivity index (χ2v) is 8.88. The molecule has 0 bridgehead atoms. The molecule has 1 aromatic rings. The SMILES string of the molecule is CC1(C)O[C@@H]2[C@@H](O)[C@H](O[C@@H]3[C@@H](O)[C@H](O)[C@@H](OCc4ccccc4)O[C@H]3CO)O[C@@H](CO)[C@H]2O1. The van der Waals surface area contributed by atoms with Crippen LogP contribution in [0.4, 0.5) is 0 Å². The average molecular weight is 472 g/mol. The predicted molar refractivity (Wildman–Crippen MR) is 109 cm³/mol. The van der Waals surface area contributed by atoms with E-state index in [-0.39, 0.29) is 6.61 Å². The van der Waals surface area contributed by atoms with Crippen molar-refractivity contribution in [1.29, 1.82) is 0 Å². The van der Waals surface area contributed by atoms with Crippen molar-refractivity contribution >= 4 is 0 Å². The van der Waals surface area contributed by atoms with E-state index in [1.807, 2.05) is 30.3 Å². The van der Waals surface area contributed by atoms with Crippen molar-refractivity contribution in [3.63, 3.8) is 0 Å². The maximum atomic E-state index is 10.8. The van der Waals surface area contributed by atoms with Crippen LogP contribution in [0.3, 0.4) is 0 Å². The molecular weight excluding hydrogens is 440 g/mol. The van der Waals surface area contributed by atoms with Gasteiger partial charge in [0.25, 0.3) is 0 Å². The summed E-state index contributed by atoms with van der Waals surface area (Å²) in [4.78, 5) is 0. The van der Waals surface area contributed by atoms with Crippen LogP contribution in [0, 0.1) is 0 Å². The molecule has 4 rings (SSSR count). The first-order valence-electron chi connectivity index (χ1n) is 11.0. The normalized spacial score (nSPS) is 42.8. The Labute approximate surface area is 191 Å². The van der Waals surface area contributed by atoms with E-state index in [1.165, 1.54) is 0 Å². The predicted octanol–water partition coefficient (Wildman–Crippen LogP) is -1.37. The molecule has 0 amide bonds. The Balaban J connectivity index is 1.43. The molecule has 33 heavy (non-hydrogen) atoms. The molecule has 0 spiro atoms. The van der Waals surface area contributed by atoms with Crippen molar-refractivity contribution in [3.8, 4) is 0 Å². The van der Waals surface area contributed by atoms with Crippen molar-refractivity contribution < 1.29 is 54.0 Å². The van der Waals surface area contributed by atoms with Crippen LogP contribution in [0.25, 0.3) is 0 Å². The second-order valence-electron chi connectivity index (χ2n) is 8.88. The van der Waals surface area contributed by atoms with E-state index in [4.69, 9.17) is 28.4 Å². The first-order chi connectivity index (χ1) is 15.7. The van der Waals surface area contributed by atoms with Crippen LogP contribution in [0.5, 0.6) is 0 Å². The third kappa shape index (κ3) is 5.24. The van der Waals surface area contributed by atoms with Crippen LogP contribution < -0.4 is 0 Å². The fraction of sp³-hybridized carbons (Fsp3) is 0.727. The van der Waals surface area contributed by atoms with Crippen LogP contribution in [0.15, 0.2) is 30.3 Å². The highest BCUT2D eigenvalue weighted by Gasteiger charge is 2.56. The average Bonchev–Trinajstić information content (AvgIpc) is 3.14. The highest BCUT2D eigenvalue weighted by Crippen LogP contribution is 2.38. The summed E-state index contributed by atoms with van der Waals surface area (Å²) in [5, 5.41) is 51.6. The number of rotatable bonds is 7. The monoisotopic (exact) mass is 472 g/mol. The van der Waals surface area contributed by atoms with Crippen molar-refractivity contribution in [2.75, 3.05) is 13.2 Å². The van der Waals surface area contributed by atoms with Gasteiger partial charge in [0.2, 0.25) is 0 Å². The van der Waals surface area contributed by atoms with E-state index in [0.29, 0.717) is 0 Å². The minimum absolute atomic E-state index is 0.123. The van der Waals surface area contributed by atoms with E-state index in [0.717, 1.165) is 5.56 Å². The summed E-state index contributed by atoms with van der Waals surface area (Å²) in [5.41, 5.74) is 0.840. The number of ether oxygens (including phenoxy) is 6. The number of hydrogen-bond acceptors (Lipinski definition) is 11. The Morgan fingerprint density at radius 3 is 2.12 bits per heavy atom. The van der Waals surface area contributed by atoms with Crippen molar-refractivity contribution in [2.45, 2.75) is 87.7 Å². The van der Waals surface area contributed by atoms with E-state index >= 15 is 0 Å². The van der Waals surface area contributed by atoms with Gasteiger partial charge >= 0.3 is 0 Å². The molecule has 11 nitrogen and oxygen atoms in total. The van der Waals surface area contributed by atoms with Gasteiger partial charge in [-0.3, -0.25) is 0 Å². The summed E-state index contributed by atoms with van der Waals surface area (Å²) in [6.45, 7) is 2.50. The van der Waals surface area contributed by atoms with Gasteiger partial charge in [0, 0.05) is 0 Å². The molecule has 186 valence electrons. The van der Waals surface area contributed by atoms with Crippen LogP contribution in [0.1, 0.15) is 19.4 Å². The zero-order valence-electron chi connectivity index (χ0n) is 18.5. The summed E-state index contributed by atoms with van der Waals surface area (Å²) >= 11 is 0. The van der Waals surface area contributed by atoms with Gasteiger partial charge in [-0.15, -0.1) is 0 Å². The van der Waals surface area contributed by atoms with Crippen LogP contribution in [-0.4, -0.2) is 106 Å². The maximum absolute atomic E-state index is 10.8. The zero-order chi connectivity index (χ0) is 23.8. The van der Waals surface area contributed by atoms with Crippen molar-refractivity contribution in [1.82, 2.24) is 0 Å². The molecule has 0 aliphatic carbocycles. The molecule has 3 fully saturated rings. The first kappa shape index (κ1) is 24.9. The van der Waals surface area contributed by atoms with Crippen LogP contribution in [0.2, 0.25) is 0 Å². The standard InChI is InChI=1S/C22H32O11/c1-22(2)32-18-13(9-24)30-21(16(27)19(18)33-22)31-17-12(8-23)29-20(15(26)14(17)25)28-10-11-6-4-3-5-7-11/h3-7,12-21,23-27H,8-10H2,1-2H3/t12-,13-,14-,15-,16+,17-,18+,19+,20-,21-/m0/s1. The number of aliphatic hydroxyl groups excluding tert-OH is 5. The van der Waals surface area contributed by atoms with Gasteiger partial charge < -0.3 is 54.0 Å². The molecule has 0 aromatic heterocycles. The molecule has 5 N–H and O–H groups in total. The molecule has 1 aromatic carbocycles. The van der Waals surface area contributed by atoms with E-state index in [2.05, 4.69) is 0 Å². The minimum Gasteiger partial charge on any atom is -0.394 e. The Morgan fingerprint density at radius 1 is 0.818 bits per heavy atom. The zero-order valence-corrected chi connectivity index (χ0v) is 18.5. The van der Waals surface area contributed by atoms with Crippen LogP contribution in [-0.2, 0) is 35.0 Å². The molecule has 10 atom stereocenters. The van der Waals surface area contributed by atoms with E-state index in [1.54, 1.807) is 13.8 Å². The summed E-state index contributed by atoms with van der Waals surface area (Å²) in [7, 11) is 0. The molecule has 3 aliphatic rings. The minimum atomic E-state index is -1.52. The molecule has 0 saturated carbocycles. The lowest BCUT2D eigenvalue weighted by atomic mass is 9.97. The molecule has 0 radical (unpaired) electrons. The number of hydrogen-bond donors (Lipinski definition) is 5. The molecular formula is C22H32O11. The molecule has 3 saturated heterocycles. The number of benzene rings is 1.